The van der Waals surface area contributed by atoms with Crippen LogP contribution in [0.3, 0.4) is 0 Å². The molecule has 0 aliphatic carbocycles. The Hall–Kier alpha value is -2.69. The van der Waals surface area contributed by atoms with Gasteiger partial charge in [0.1, 0.15) is 6.54 Å². The van der Waals surface area contributed by atoms with Crippen molar-refractivity contribution in [2.75, 3.05) is 11.4 Å². The van der Waals surface area contributed by atoms with Crippen molar-refractivity contribution in [3.8, 4) is 0 Å². The van der Waals surface area contributed by atoms with E-state index in [1.807, 2.05) is 37.3 Å². The molecule has 0 N–H and O–H groups in total. The molecule has 0 bridgehead atoms. The van der Waals surface area contributed by atoms with Crippen LogP contribution in [-0.2, 0) is 4.79 Å². The monoisotopic (exact) mass is 281 g/mol. The number of anilines is 1. The van der Waals surface area contributed by atoms with Crippen LogP contribution in [0.25, 0.3) is 0 Å². The number of aromatic nitrogens is 1. The third-order valence-corrected chi connectivity index (χ3v) is 3.66. The zero-order valence-electron chi connectivity index (χ0n) is 11.6. The van der Waals surface area contributed by atoms with Gasteiger partial charge in [0.2, 0.25) is 0 Å². The molecule has 1 atom stereocenters. The van der Waals surface area contributed by atoms with E-state index in [1.165, 1.54) is 4.90 Å². The minimum Gasteiger partial charge on any atom is -0.308 e. The van der Waals surface area contributed by atoms with Gasteiger partial charge in [-0.15, -0.1) is 0 Å². The van der Waals surface area contributed by atoms with Crippen LogP contribution in [-0.4, -0.2) is 28.4 Å². The van der Waals surface area contributed by atoms with Gasteiger partial charge in [-0.05, 0) is 24.6 Å². The van der Waals surface area contributed by atoms with Crippen molar-refractivity contribution in [1.82, 2.24) is 9.88 Å². The Morgan fingerprint density at radius 1 is 1.05 bits per heavy atom. The Morgan fingerprint density at radius 2 is 1.71 bits per heavy atom. The van der Waals surface area contributed by atoms with Gasteiger partial charge in [0.25, 0.3) is 5.91 Å². The molecule has 1 aliphatic rings. The lowest BCUT2D eigenvalue weighted by Crippen LogP contribution is -2.34. The zero-order valence-corrected chi connectivity index (χ0v) is 11.6. The van der Waals surface area contributed by atoms with E-state index in [2.05, 4.69) is 4.98 Å². The molecule has 2 heterocycles. The first-order valence-electron chi connectivity index (χ1n) is 6.77. The Balaban J connectivity index is 1.87. The van der Waals surface area contributed by atoms with E-state index in [-0.39, 0.29) is 24.5 Å². The van der Waals surface area contributed by atoms with Crippen LogP contribution in [0.2, 0.25) is 0 Å². The molecule has 1 aromatic carbocycles. The van der Waals surface area contributed by atoms with Crippen molar-refractivity contribution in [2.24, 2.45) is 0 Å². The van der Waals surface area contributed by atoms with Gasteiger partial charge in [0, 0.05) is 12.4 Å². The summed E-state index contributed by atoms with van der Waals surface area (Å²) in [5.74, 6) is -0.214. The molecule has 5 heteroatoms. The quantitative estimate of drug-likeness (QED) is 0.813. The summed E-state index contributed by atoms with van der Waals surface area (Å²) in [5.41, 5.74) is 1.57. The van der Waals surface area contributed by atoms with E-state index >= 15 is 0 Å². The number of benzene rings is 1. The van der Waals surface area contributed by atoms with Crippen LogP contribution in [0.1, 0.15) is 18.5 Å². The maximum absolute atomic E-state index is 12.5. The highest BCUT2D eigenvalue weighted by Crippen LogP contribution is 2.28. The Bertz CT molecular complexity index is 658. The number of imide groups is 1. The highest BCUT2D eigenvalue weighted by atomic mass is 16.2. The van der Waals surface area contributed by atoms with Crippen molar-refractivity contribution in [1.29, 1.82) is 0 Å². The highest BCUT2D eigenvalue weighted by Gasteiger charge is 2.39. The summed E-state index contributed by atoms with van der Waals surface area (Å²) >= 11 is 0. The summed E-state index contributed by atoms with van der Waals surface area (Å²) < 4.78 is 0. The first kappa shape index (κ1) is 13.3. The molecule has 0 radical (unpaired) electrons. The van der Waals surface area contributed by atoms with Gasteiger partial charge in [0.15, 0.2) is 0 Å². The van der Waals surface area contributed by atoms with Crippen LogP contribution in [0.5, 0.6) is 0 Å². The molecule has 0 unspecified atom stereocenters. The Kier molecular flexibility index (Phi) is 3.39. The van der Waals surface area contributed by atoms with E-state index in [9.17, 15) is 9.59 Å². The van der Waals surface area contributed by atoms with Crippen LogP contribution >= 0.6 is 0 Å². The normalized spacial score (nSPS) is 16.4. The molecule has 5 nitrogen and oxygen atoms in total. The van der Waals surface area contributed by atoms with Crippen LogP contribution in [0.15, 0.2) is 54.9 Å². The first-order valence-corrected chi connectivity index (χ1v) is 6.77. The number of pyridine rings is 1. The third-order valence-electron chi connectivity index (χ3n) is 3.66. The second kappa shape index (κ2) is 5.36. The van der Waals surface area contributed by atoms with Crippen molar-refractivity contribution in [3.05, 3.63) is 60.4 Å². The molecule has 1 fully saturated rings. The topological polar surface area (TPSA) is 53.5 Å². The zero-order chi connectivity index (χ0) is 14.8. The van der Waals surface area contributed by atoms with E-state index < -0.39 is 0 Å². The molecule has 21 heavy (non-hydrogen) atoms. The predicted octanol–water partition coefficient (Wildman–Crippen LogP) is 2.61. The highest BCUT2D eigenvalue weighted by molar-refractivity contribution is 6.19. The Labute approximate surface area is 122 Å². The van der Waals surface area contributed by atoms with E-state index in [0.29, 0.717) is 5.69 Å². The molecule has 1 saturated heterocycles. The summed E-state index contributed by atoms with van der Waals surface area (Å²) in [6, 6.07) is 12.6. The number of carbonyl (C=O) groups excluding carboxylic acids is 2. The van der Waals surface area contributed by atoms with Crippen LogP contribution in [0, 0.1) is 0 Å². The summed E-state index contributed by atoms with van der Waals surface area (Å²) in [4.78, 5) is 31.4. The molecule has 1 aliphatic heterocycles. The predicted molar refractivity (Wildman–Crippen MR) is 78.7 cm³/mol. The third kappa shape index (κ3) is 2.38. The molecular formula is C16H15N3O2. The number of carbonyl (C=O) groups is 2. The molecule has 0 spiro atoms. The van der Waals surface area contributed by atoms with Gasteiger partial charge in [-0.3, -0.25) is 9.78 Å². The second-order valence-electron chi connectivity index (χ2n) is 4.93. The smallest absolute Gasteiger partial charge is 0.308 e. The minimum absolute atomic E-state index is 0.0945. The van der Waals surface area contributed by atoms with Crippen molar-refractivity contribution in [2.45, 2.75) is 13.0 Å². The number of hydrogen-bond acceptors (Lipinski definition) is 3. The van der Waals surface area contributed by atoms with E-state index in [1.54, 1.807) is 29.4 Å². The molecule has 0 saturated carbocycles. The van der Waals surface area contributed by atoms with Gasteiger partial charge >= 0.3 is 6.03 Å². The molecule has 3 amide bonds. The summed E-state index contributed by atoms with van der Waals surface area (Å²) in [6.45, 7) is 2.02. The first-order chi connectivity index (χ1) is 10.2. The van der Waals surface area contributed by atoms with Gasteiger partial charge in [-0.1, -0.05) is 30.3 Å². The molecule has 2 aromatic rings. The largest absolute Gasteiger partial charge is 0.332 e. The van der Waals surface area contributed by atoms with Gasteiger partial charge in [-0.25, -0.2) is 9.69 Å². The van der Waals surface area contributed by atoms with Crippen molar-refractivity contribution in [3.63, 3.8) is 0 Å². The number of amides is 3. The summed E-state index contributed by atoms with van der Waals surface area (Å²) in [5, 5.41) is 0. The molecule has 106 valence electrons. The lowest BCUT2D eigenvalue weighted by Gasteiger charge is -2.24. The lowest BCUT2D eigenvalue weighted by atomic mass is 10.1. The SMILES string of the molecule is C[C@@H](c1ccccc1)N1CC(=O)N(c2ccncc2)C1=O. The van der Waals surface area contributed by atoms with Gasteiger partial charge in [0.05, 0.1) is 11.7 Å². The number of nitrogens with zero attached hydrogens (tertiary/aromatic N) is 3. The van der Waals surface area contributed by atoms with E-state index in [0.717, 1.165) is 5.56 Å². The standard InChI is InChI=1S/C16H15N3O2/c1-12(13-5-3-2-4-6-13)18-11-15(20)19(16(18)21)14-7-9-17-10-8-14/h2-10,12H,11H2,1H3/t12-/m0/s1. The van der Waals surface area contributed by atoms with Crippen LogP contribution in [0.4, 0.5) is 10.5 Å². The number of urea groups is 1. The van der Waals surface area contributed by atoms with E-state index in [4.69, 9.17) is 0 Å². The maximum Gasteiger partial charge on any atom is 0.332 e. The summed E-state index contributed by atoms with van der Waals surface area (Å²) in [7, 11) is 0. The van der Waals surface area contributed by atoms with Crippen molar-refractivity contribution >= 4 is 17.6 Å². The summed E-state index contributed by atoms with van der Waals surface area (Å²) in [6.07, 6.45) is 3.14. The second-order valence-corrected chi connectivity index (χ2v) is 4.93. The molecular weight excluding hydrogens is 266 g/mol. The maximum atomic E-state index is 12.5. The number of hydrogen-bond donors (Lipinski definition) is 0. The minimum atomic E-state index is -0.289. The van der Waals surface area contributed by atoms with Gasteiger partial charge in [-0.2, -0.15) is 0 Å². The van der Waals surface area contributed by atoms with Crippen molar-refractivity contribution < 1.29 is 9.59 Å². The molecule has 3 rings (SSSR count). The van der Waals surface area contributed by atoms with Crippen LogP contribution < -0.4 is 4.90 Å². The fourth-order valence-corrected chi connectivity index (χ4v) is 2.48. The fourth-order valence-electron chi connectivity index (χ4n) is 2.48. The average Bonchev–Trinajstić information content (AvgIpc) is 2.83. The van der Waals surface area contributed by atoms with Gasteiger partial charge < -0.3 is 4.90 Å². The fraction of sp³-hybridized carbons (Fsp3) is 0.188. The average molecular weight is 281 g/mol. The lowest BCUT2D eigenvalue weighted by molar-refractivity contribution is -0.116. The Morgan fingerprint density at radius 3 is 2.38 bits per heavy atom. The molecule has 1 aromatic heterocycles. The number of rotatable bonds is 3.